The number of nitrogens with zero attached hydrogens (tertiary/aromatic N) is 4. The number of fused-ring (bicyclic) bond motifs is 1. The van der Waals surface area contributed by atoms with Gasteiger partial charge in [0.25, 0.3) is 0 Å². The van der Waals surface area contributed by atoms with E-state index in [2.05, 4.69) is 15.0 Å². The minimum absolute atomic E-state index is 0.0615. The van der Waals surface area contributed by atoms with E-state index >= 15 is 0 Å². The Morgan fingerprint density at radius 1 is 1.21 bits per heavy atom. The lowest BCUT2D eigenvalue weighted by Gasteiger charge is -2.12. The van der Waals surface area contributed by atoms with Crippen LogP contribution in [-0.4, -0.2) is 56.9 Å². The first-order valence-electron chi connectivity index (χ1n) is 8.94. The fourth-order valence-corrected chi connectivity index (χ4v) is 3.20. The zero-order valence-electron chi connectivity index (χ0n) is 15.2. The normalized spacial score (nSPS) is 18.7. The van der Waals surface area contributed by atoms with E-state index in [4.69, 9.17) is 25.8 Å². The van der Waals surface area contributed by atoms with Gasteiger partial charge in [-0.15, -0.1) is 0 Å². The summed E-state index contributed by atoms with van der Waals surface area (Å²) in [5, 5.41) is 0.221. The van der Waals surface area contributed by atoms with Crippen molar-refractivity contribution in [2.24, 2.45) is 0 Å². The van der Waals surface area contributed by atoms with Crippen LogP contribution in [0.2, 0.25) is 5.15 Å². The highest BCUT2D eigenvalue weighted by atomic mass is 35.5. The number of carbonyl (C=O) groups is 2. The molecule has 0 N–H and O–H groups in total. The van der Waals surface area contributed by atoms with Crippen LogP contribution in [0.15, 0.2) is 43.0 Å². The van der Waals surface area contributed by atoms with Crippen molar-refractivity contribution in [3.63, 3.8) is 0 Å². The Hall–Kier alpha value is -3.04. The molecule has 0 unspecified atom stereocenters. The van der Waals surface area contributed by atoms with Crippen LogP contribution in [0.3, 0.4) is 0 Å². The third-order valence-corrected chi connectivity index (χ3v) is 4.68. The summed E-state index contributed by atoms with van der Waals surface area (Å²) in [5.41, 5.74) is 1.35. The van der Waals surface area contributed by atoms with E-state index in [-0.39, 0.29) is 31.0 Å². The number of aromatic nitrogens is 4. The first kappa shape index (κ1) is 19.3. The molecule has 3 aromatic rings. The van der Waals surface area contributed by atoms with Crippen LogP contribution in [-0.2, 0) is 25.5 Å². The van der Waals surface area contributed by atoms with Crippen molar-refractivity contribution in [3.8, 4) is 0 Å². The standard InChI is InChI=1S/C19H17ClN4O5/c20-17-16-18(22-10-21-17)24(11-23-16)7-15(25)29-14-6-13(27-9-14)8-28-19(26)12-4-2-1-3-5-12/h1-5,10-11,13-14H,6-9H2/t13-,14+/m0/s1. The molecule has 29 heavy (non-hydrogen) atoms. The number of esters is 2. The number of carbonyl (C=O) groups excluding carboxylic acids is 2. The van der Waals surface area contributed by atoms with Crippen molar-refractivity contribution in [1.29, 1.82) is 0 Å². The van der Waals surface area contributed by atoms with Crippen molar-refractivity contribution < 1.29 is 23.8 Å². The summed E-state index contributed by atoms with van der Waals surface area (Å²) in [5.74, 6) is -0.864. The SMILES string of the molecule is O=C(Cn1cnc2c(Cl)ncnc21)O[C@H]1CO[C@H](COC(=O)c2ccccc2)C1. The predicted molar refractivity (Wildman–Crippen MR) is 101 cm³/mol. The lowest BCUT2D eigenvalue weighted by Crippen LogP contribution is -2.23. The minimum Gasteiger partial charge on any atom is -0.459 e. The minimum atomic E-state index is -0.449. The van der Waals surface area contributed by atoms with Gasteiger partial charge in [-0.25, -0.2) is 19.7 Å². The number of benzene rings is 1. The number of halogens is 1. The van der Waals surface area contributed by atoms with Crippen LogP contribution in [0, 0.1) is 0 Å². The van der Waals surface area contributed by atoms with Gasteiger partial charge in [0, 0.05) is 6.42 Å². The zero-order chi connectivity index (χ0) is 20.2. The molecule has 10 heteroatoms. The highest BCUT2D eigenvalue weighted by Crippen LogP contribution is 2.19. The second-order valence-electron chi connectivity index (χ2n) is 6.48. The van der Waals surface area contributed by atoms with E-state index < -0.39 is 18.0 Å². The largest absolute Gasteiger partial charge is 0.459 e. The van der Waals surface area contributed by atoms with E-state index in [1.54, 1.807) is 28.8 Å². The molecular formula is C19H17ClN4O5. The summed E-state index contributed by atoms with van der Waals surface area (Å²) in [7, 11) is 0. The summed E-state index contributed by atoms with van der Waals surface area (Å²) < 4.78 is 17.8. The molecule has 4 rings (SSSR count). The third-order valence-electron chi connectivity index (χ3n) is 4.41. The molecule has 2 aromatic heterocycles. The van der Waals surface area contributed by atoms with Crippen molar-refractivity contribution in [2.75, 3.05) is 13.2 Å². The number of ether oxygens (including phenoxy) is 3. The molecule has 3 heterocycles. The van der Waals surface area contributed by atoms with Crippen LogP contribution in [0.25, 0.3) is 11.2 Å². The van der Waals surface area contributed by atoms with Gasteiger partial charge < -0.3 is 18.8 Å². The van der Waals surface area contributed by atoms with Gasteiger partial charge in [-0.05, 0) is 12.1 Å². The highest BCUT2D eigenvalue weighted by molar-refractivity contribution is 6.33. The first-order valence-corrected chi connectivity index (χ1v) is 9.32. The van der Waals surface area contributed by atoms with Crippen molar-refractivity contribution in [1.82, 2.24) is 19.5 Å². The molecule has 150 valence electrons. The van der Waals surface area contributed by atoms with Gasteiger partial charge in [-0.1, -0.05) is 29.8 Å². The Labute approximate surface area is 170 Å². The van der Waals surface area contributed by atoms with Gasteiger partial charge in [0.15, 0.2) is 10.8 Å². The molecule has 2 atom stereocenters. The number of hydrogen-bond donors (Lipinski definition) is 0. The van der Waals surface area contributed by atoms with Crippen LogP contribution in [0.4, 0.5) is 0 Å². The number of imidazole rings is 1. The highest BCUT2D eigenvalue weighted by Gasteiger charge is 2.29. The summed E-state index contributed by atoms with van der Waals surface area (Å²) in [6, 6.07) is 8.72. The second-order valence-corrected chi connectivity index (χ2v) is 6.83. The fraction of sp³-hybridized carbons (Fsp3) is 0.316. The maximum atomic E-state index is 12.3. The second kappa shape index (κ2) is 8.54. The molecule has 0 aliphatic carbocycles. The van der Waals surface area contributed by atoms with Gasteiger partial charge in [0.1, 0.15) is 31.1 Å². The van der Waals surface area contributed by atoms with E-state index in [0.717, 1.165) is 0 Å². The van der Waals surface area contributed by atoms with Crippen molar-refractivity contribution >= 4 is 34.7 Å². The average molecular weight is 417 g/mol. The maximum absolute atomic E-state index is 12.3. The van der Waals surface area contributed by atoms with Gasteiger partial charge in [-0.3, -0.25) is 4.79 Å². The molecule has 0 amide bonds. The molecule has 1 saturated heterocycles. The zero-order valence-corrected chi connectivity index (χ0v) is 16.0. The molecule has 1 fully saturated rings. The number of rotatable bonds is 6. The molecule has 1 aliphatic rings. The average Bonchev–Trinajstić information content (AvgIpc) is 3.35. The molecule has 0 saturated carbocycles. The Morgan fingerprint density at radius 2 is 2.03 bits per heavy atom. The summed E-state index contributed by atoms with van der Waals surface area (Å²) in [4.78, 5) is 36.3. The van der Waals surface area contributed by atoms with Gasteiger partial charge in [-0.2, -0.15) is 0 Å². The topological polar surface area (TPSA) is 105 Å². The molecule has 9 nitrogen and oxygen atoms in total. The molecule has 0 radical (unpaired) electrons. The monoisotopic (exact) mass is 416 g/mol. The Kier molecular flexibility index (Phi) is 5.68. The van der Waals surface area contributed by atoms with E-state index in [1.807, 2.05) is 6.07 Å². The molecule has 1 aromatic carbocycles. The fourth-order valence-electron chi connectivity index (χ4n) is 3.03. The molecular weight excluding hydrogens is 400 g/mol. The predicted octanol–water partition coefficient (Wildman–Crippen LogP) is 2.04. The quantitative estimate of drug-likeness (QED) is 0.444. The van der Waals surface area contributed by atoms with Crippen LogP contribution < -0.4 is 0 Å². The molecule has 0 spiro atoms. The first-order chi connectivity index (χ1) is 14.1. The van der Waals surface area contributed by atoms with Gasteiger partial charge in [0.2, 0.25) is 0 Å². The smallest absolute Gasteiger partial charge is 0.338 e. The van der Waals surface area contributed by atoms with Crippen LogP contribution in [0.1, 0.15) is 16.8 Å². The molecule has 1 aliphatic heterocycles. The maximum Gasteiger partial charge on any atom is 0.338 e. The van der Waals surface area contributed by atoms with Crippen molar-refractivity contribution in [3.05, 3.63) is 53.7 Å². The Balaban J connectivity index is 1.26. The Morgan fingerprint density at radius 3 is 2.86 bits per heavy atom. The lowest BCUT2D eigenvalue weighted by molar-refractivity contribution is -0.149. The third kappa shape index (κ3) is 4.52. The van der Waals surface area contributed by atoms with Gasteiger partial charge >= 0.3 is 11.9 Å². The van der Waals surface area contributed by atoms with Gasteiger partial charge in [0.05, 0.1) is 24.6 Å². The summed E-state index contributed by atoms with van der Waals surface area (Å²) >= 11 is 5.96. The summed E-state index contributed by atoms with van der Waals surface area (Å²) in [6.45, 7) is 0.287. The molecule has 0 bridgehead atoms. The Bertz CT molecular complexity index is 1030. The van der Waals surface area contributed by atoms with E-state index in [9.17, 15) is 9.59 Å². The lowest BCUT2D eigenvalue weighted by atomic mass is 10.2. The van der Waals surface area contributed by atoms with Crippen LogP contribution >= 0.6 is 11.6 Å². The van der Waals surface area contributed by atoms with Crippen LogP contribution in [0.5, 0.6) is 0 Å². The number of hydrogen-bond acceptors (Lipinski definition) is 8. The van der Waals surface area contributed by atoms with Crippen molar-refractivity contribution in [2.45, 2.75) is 25.2 Å². The van der Waals surface area contributed by atoms with E-state index in [1.165, 1.54) is 12.7 Å². The van der Waals surface area contributed by atoms with E-state index in [0.29, 0.717) is 23.1 Å². The summed E-state index contributed by atoms with van der Waals surface area (Å²) in [6.07, 6.45) is 2.49.